The third-order valence-electron chi connectivity index (χ3n) is 5.10. The van der Waals surface area contributed by atoms with Crippen molar-refractivity contribution in [2.24, 2.45) is 0 Å². The van der Waals surface area contributed by atoms with Crippen LogP contribution in [0.4, 0.5) is 11.5 Å². The van der Waals surface area contributed by atoms with Crippen molar-refractivity contribution in [3.8, 4) is 0 Å². The minimum absolute atomic E-state index is 0.0112. The van der Waals surface area contributed by atoms with Crippen molar-refractivity contribution in [1.82, 2.24) is 14.8 Å². The Labute approximate surface area is 198 Å². The maximum absolute atomic E-state index is 12.7. The molecular weight excluding hydrogens is 458 g/mol. The minimum atomic E-state index is -4.01. The number of carbonyl (C=O) groups excluding carboxylic acids is 1. The number of pyridine rings is 1. The molecule has 0 amide bonds. The van der Waals surface area contributed by atoms with Gasteiger partial charge in [0.15, 0.2) is 5.78 Å². The number of carbonyl (C=O) groups is 2. The number of nitrogens with one attached hydrogen (secondary N) is 1. The molecule has 180 valence electrons. The zero-order valence-corrected chi connectivity index (χ0v) is 20.3. The van der Waals surface area contributed by atoms with Gasteiger partial charge in [0.05, 0.1) is 34.7 Å². The van der Waals surface area contributed by atoms with Gasteiger partial charge >= 0.3 is 5.97 Å². The molecule has 0 aliphatic heterocycles. The minimum Gasteiger partial charge on any atom is -0.478 e. The summed E-state index contributed by atoms with van der Waals surface area (Å²) in [5.41, 5.74) is 2.03. The number of aryl methyl sites for hydroxylation is 2. The molecule has 0 atom stereocenters. The SMILES string of the molecule is CCCn1nc(C)cc1CN(C)c1ncc(NS(=O)(=O)c2ccc(C(C)=O)cc2)cc1C(=O)O. The molecule has 0 aliphatic rings. The van der Waals surface area contributed by atoms with Crippen LogP contribution < -0.4 is 9.62 Å². The molecule has 3 rings (SSSR count). The highest BCUT2D eigenvalue weighted by Gasteiger charge is 2.21. The van der Waals surface area contributed by atoms with E-state index in [1.54, 1.807) is 11.9 Å². The van der Waals surface area contributed by atoms with E-state index in [2.05, 4.69) is 14.8 Å². The lowest BCUT2D eigenvalue weighted by atomic mass is 10.2. The quantitative estimate of drug-likeness (QED) is 0.418. The maximum atomic E-state index is 12.7. The normalized spacial score (nSPS) is 11.3. The molecule has 0 bridgehead atoms. The number of aromatic carboxylic acids is 1. The lowest BCUT2D eigenvalue weighted by molar-refractivity contribution is 0.0697. The maximum Gasteiger partial charge on any atom is 0.339 e. The second kappa shape index (κ2) is 10.0. The average Bonchev–Trinajstić information content (AvgIpc) is 3.12. The lowest BCUT2D eigenvalue weighted by Gasteiger charge is -2.21. The van der Waals surface area contributed by atoms with Crippen LogP contribution in [0.3, 0.4) is 0 Å². The highest BCUT2D eigenvalue weighted by molar-refractivity contribution is 7.92. The molecule has 0 unspecified atom stereocenters. The Kier molecular flexibility index (Phi) is 7.35. The highest BCUT2D eigenvalue weighted by Crippen LogP contribution is 2.24. The molecule has 2 aromatic heterocycles. The third kappa shape index (κ3) is 5.60. The Balaban J connectivity index is 1.86. The van der Waals surface area contributed by atoms with Gasteiger partial charge in [0.2, 0.25) is 0 Å². The van der Waals surface area contributed by atoms with Gasteiger partial charge in [-0.05, 0) is 44.5 Å². The Hall–Kier alpha value is -3.73. The van der Waals surface area contributed by atoms with Gasteiger partial charge in [0.1, 0.15) is 11.4 Å². The Morgan fingerprint density at radius 3 is 2.44 bits per heavy atom. The van der Waals surface area contributed by atoms with Crippen molar-refractivity contribution in [2.75, 3.05) is 16.7 Å². The van der Waals surface area contributed by atoms with Gasteiger partial charge in [-0.1, -0.05) is 19.1 Å². The lowest BCUT2D eigenvalue weighted by Crippen LogP contribution is -2.23. The number of nitrogens with zero attached hydrogens (tertiary/aromatic N) is 4. The van der Waals surface area contributed by atoms with E-state index in [4.69, 9.17) is 0 Å². The molecule has 34 heavy (non-hydrogen) atoms. The predicted octanol–water partition coefficient (Wildman–Crippen LogP) is 3.33. The molecule has 0 fully saturated rings. The number of sulfonamides is 1. The molecular formula is C23H27N5O5S. The standard InChI is InChI=1S/C23H27N5O5S/c1-5-10-28-19(11-15(2)25-28)14-27(4)22-21(23(30)31)12-18(13-24-22)26-34(32,33)20-8-6-17(7-9-20)16(3)29/h6-9,11-13,26H,5,10,14H2,1-4H3,(H,30,31). The molecule has 0 aliphatic carbocycles. The Bertz CT molecular complexity index is 1320. The number of aromatic nitrogens is 3. The second-order valence-electron chi connectivity index (χ2n) is 7.94. The van der Waals surface area contributed by atoms with Crippen molar-refractivity contribution in [2.45, 2.75) is 45.2 Å². The first-order valence-corrected chi connectivity index (χ1v) is 12.1. The summed E-state index contributed by atoms with van der Waals surface area (Å²) in [6, 6.07) is 8.63. The Morgan fingerprint density at radius 2 is 1.85 bits per heavy atom. The zero-order chi connectivity index (χ0) is 25.0. The molecule has 1 aromatic carbocycles. The van der Waals surface area contributed by atoms with Crippen LogP contribution in [0.5, 0.6) is 0 Å². The summed E-state index contributed by atoms with van der Waals surface area (Å²) < 4.78 is 29.7. The van der Waals surface area contributed by atoms with E-state index < -0.39 is 16.0 Å². The zero-order valence-electron chi connectivity index (χ0n) is 19.4. The number of carboxylic acid groups (broad SMARTS) is 1. The largest absolute Gasteiger partial charge is 0.478 e. The van der Waals surface area contributed by atoms with Crippen LogP contribution in [0.15, 0.2) is 47.5 Å². The van der Waals surface area contributed by atoms with E-state index in [1.807, 2.05) is 24.6 Å². The number of hydrogen-bond acceptors (Lipinski definition) is 7. The number of benzene rings is 1. The summed E-state index contributed by atoms with van der Waals surface area (Å²) in [4.78, 5) is 29.2. The Morgan fingerprint density at radius 1 is 1.18 bits per heavy atom. The fraction of sp³-hybridized carbons (Fsp3) is 0.304. The van der Waals surface area contributed by atoms with Crippen LogP contribution in [-0.2, 0) is 23.1 Å². The van der Waals surface area contributed by atoms with E-state index >= 15 is 0 Å². The summed E-state index contributed by atoms with van der Waals surface area (Å²) >= 11 is 0. The summed E-state index contributed by atoms with van der Waals surface area (Å²) in [7, 11) is -2.29. The topological polar surface area (TPSA) is 134 Å². The smallest absolute Gasteiger partial charge is 0.339 e. The predicted molar refractivity (Wildman–Crippen MR) is 128 cm³/mol. The number of ketones is 1. The summed E-state index contributed by atoms with van der Waals surface area (Å²) in [5, 5.41) is 14.2. The second-order valence-corrected chi connectivity index (χ2v) is 9.63. The van der Waals surface area contributed by atoms with E-state index in [-0.39, 0.29) is 27.7 Å². The molecule has 2 heterocycles. The van der Waals surface area contributed by atoms with Gasteiger partial charge < -0.3 is 10.0 Å². The molecule has 0 saturated heterocycles. The van der Waals surface area contributed by atoms with Crippen molar-refractivity contribution >= 4 is 33.3 Å². The van der Waals surface area contributed by atoms with Crippen LogP contribution in [0.25, 0.3) is 0 Å². The summed E-state index contributed by atoms with van der Waals surface area (Å²) in [6.45, 7) is 6.45. The summed E-state index contributed by atoms with van der Waals surface area (Å²) in [6.07, 6.45) is 2.18. The van der Waals surface area contributed by atoms with Crippen molar-refractivity contribution in [1.29, 1.82) is 0 Å². The van der Waals surface area contributed by atoms with E-state index in [0.717, 1.165) is 24.4 Å². The van der Waals surface area contributed by atoms with Crippen LogP contribution >= 0.6 is 0 Å². The van der Waals surface area contributed by atoms with Gasteiger partial charge in [0.25, 0.3) is 10.0 Å². The average molecular weight is 486 g/mol. The van der Waals surface area contributed by atoms with Crippen LogP contribution in [0.2, 0.25) is 0 Å². The van der Waals surface area contributed by atoms with Crippen LogP contribution in [-0.4, -0.2) is 47.1 Å². The first-order valence-electron chi connectivity index (χ1n) is 10.6. The number of anilines is 2. The molecule has 2 N–H and O–H groups in total. The van der Waals surface area contributed by atoms with Crippen molar-refractivity contribution in [3.05, 3.63) is 65.1 Å². The van der Waals surface area contributed by atoms with Crippen LogP contribution in [0.1, 0.15) is 52.4 Å². The van der Waals surface area contributed by atoms with Gasteiger partial charge in [-0.3, -0.25) is 14.2 Å². The molecule has 0 saturated carbocycles. The highest BCUT2D eigenvalue weighted by atomic mass is 32.2. The van der Waals surface area contributed by atoms with Crippen molar-refractivity contribution in [3.63, 3.8) is 0 Å². The number of hydrogen-bond donors (Lipinski definition) is 2. The number of carboxylic acids is 1. The van der Waals surface area contributed by atoms with Crippen LogP contribution in [0, 0.1) is 6.92 Å². The molecule has 0 radical (unpaired) electrons. The molecule has 0 spiro atoms. The first kappa shape index (κ1) is 24.9. The van der Waals surface area contributed by atoms with Crippen molar-refractivity contribution < 1.29 is 23.1 Å². The number of rotatable bonds is 10. The molecule has 10 nitrogen and oxygen atoms in total. The molecule has 3 aromatic rings. The van der Waals surface area contributed by atoms with Gasteiger partial charge in [-0.15, -0.1) is 0 Å². The fourth-order valence-corrected chi connectivity index (χ4v) is 4.54. The third-order valence-corrected chi connectivity index (χ3v) is 6.50. The van der Waals surface area contributed by atoms with E-state index in [9.17, 15) is 23.1 Å². The number of Topliss-reactive ketones (excluding diaryl/α,β-unsaturated/α-hetero) is 1. The van der Waals surface area contributed by atoms with E-state index in [0.29, 0.717) is 12.1 Å². The first-order chi connectivity index (χ1) is 16.0. The van der Waals surface area contributed by atoms with Gasteiger partial charge in [0, 0.05) is 19.2 Å². The van der Waals surface area contributed by atoms with Gasteiger partial charge in [-0.25, -0.2) is 18.2 Å². The molecule has 11 heteroatoms. The van der Waals surface area contributed by atoms with E-state index in [1.165, 1.54) is 43.5 Å². The van der Waals surface area contributed by atoms with Gasteiger partial charge in [-0.2, -0.15) is 5.10 Å². The fourth-order valence-electron chi connectivity index (χ4n) is 3.51. The summed E-state index contributed by atoms with van der Waals surface area (Å²) in [5.74, 6) is -1.22. The monoisotopic (exact) mass is 485 g/mol.